The van der Waals surface area contributed by atoms with E-state index in [1.807, 2.05) is 24.3 Å². The highest BCUT2D eigenvalue weighted by Gasteiger charge is 2.36. The first-order valence-electron chi connectivity index (χ1n) is 6.70. The number of rotatable bonds is 1. The highest BCUT2D eigenvalue weighted by molar-refractivity contribution is 5.69. The highest BCUT2D eigenvalue weighted by atomic mass is 16.6. The van der Waals surface area contributed by atoms with Gasteiger partial charge in [0.25, 0.3) is 0 Å². The molecular weight excluding hydrogens is 258 g/mol. The molecule has 20 heavy (non-hydrogen) atoms. The fourth-order valence-corrected chi connectivity index (χ4v) is 2.33. The normalized spacial score (nSPS) is 18.9. The molecule has 0 aliphatic carbocycles. The Morgan fingerprint density at radius 1 is 1.30 bits per heavy atom. The number of ether oxygens (including phenoxy) is 1. The van der Waals surface area contributed by atoms with Crippen molar-refractivity contribution < 1.29 is 19.7 Å². The van der Waals surface area contributed by atoms with E-state index >= 15 is 0 Å². The summed E-state index contributed by atoms with van der Waals surface area (Å²) in [5, 5.41) is 19.1. The zero-order valence-corrected chi connectivity index (χ0v) is 12.0. The second kappa shape index (κ2) is 5.42. The van der Waals surface area contributed by atoms with Crippen molar-refractivity contribution in [2.75, 3.05) is 0 Å². The molecule has 0 aromatic heterocycles. The number of carbonyl (C=O) groups excluding carboxylic acids is 1. The second-order valence-corrected chi connectivity index (χ2v) is 6.06. The maximum atomic E-state index is 12.2. The average Bonchev–Trinajstić information content (AvgIpc) is 2.35. The average molecular weight is 279 g/mol. The lowest BCUT2D eigenvalue weighted by molar-refractivity contribution is -0.105. The molecule has 0 bridgehead atoms. The molecule has 1 heterocycles. The van der Waals surface area contributed by atoms with Crippen molar-refractivity contribution in [3.63, 3.8) is 0 Å². The quantitative estimate of drug-likeness (QED) is 0.767. The van der Waals surface area contributed by atoms with Gasteiger partial charge in [0.15, 0.2) is 6.29 Å². The van der Waals surface area contributed by atoms with E-state index in [1.54, 1.807) is 20.8 Å². The van der Waals surface area contributed by atoms with Crippen LogP contribution in [0.25, 0.3) is 0 Å². The third-order valence-corrected chi connectivity index (χ3v) is 3.26. The molecule has 5 nitrogen and oxygen atoms in total. The minimum absolute atomic E-state index is 0.327. The number of benzene rings is 1. The zero-order chi connectivity index (χ0) is 14.9. The van der Waals surface area contributed by atoms with Crippen LogP contribution in [-0.4, -0.2) is 39.1 Å². The number of fused-ring (bicyclic) bond motifs is 1. The second-order valence-electron chi connectivity index (χ2n) is 6.06. The van der Waals surface area contributed by atoms with Crippen LogP contribution in [0.1, 0.15) is 31.9 Å². The lowest BCUT2D eigenvalue weighted by atomic mass is 9.94. The van der Waals surface area contributed by atoms with Gasteiger partial charge in [-0.3, -0.25) is 4.90 Å². The molecule has 0 saturated heterocycles. The summed E-state index contributed by atoms with van der Waals surface area (Å²) >= 11 is 0. The van der Waals surface area contributed by atoms with Gasteiger partial charge in [-0.2, -0.15) is 0 Å². The predicted molar refractivity (Wildman–Crippen MR) is 73.9 cm³/mol. The maximum Gasteiger partial charge on any atom is 0.411 e. The number of aliphatic hydroxyl groups excluding tert-OH is 1. The zero-order valence-electron chi connectivity index (χ0n) is 12.0. The van der Waals surface area contributed by atoms with Gasteiger partial charge < -0.3 is 14.9 Å². The molecule has 0 radical (unpaired) electrons. The van der Waals surface area contributed by atoms with Crippen LogP contribution >= 0.6 is 0 Å². The summed E-state index contributed by atoms with van der Waals surface area (Å²) in [4.78, 5) is 13.6. The highest BCUT2D eigenvalue weighted by Crippen LogP contribution is 2.26. The largest absolute Gasteiger partial charge is 0.444 e. The third-order valence-electron chi connectivity index (χ3n) is 3.26. The molecule has 0 saturated carbocycles. The minimum atomic E-state index is -1.59. The Morgan fingerprint density at radius 2 is 1.90 bits per heavy atom. The molecule has 2 rings (SSSR count). The fraction of sp³-hybridized carbons (Fsp3) is 0.533. The van der Waals surface area contributed by atoms with E-state index in [0.29, 0.717) is 13.0 Å². The fourth-order valence-electron chi connectivity index (χ4n) is 2.33. The van der Waals surface area contributed by atoms with E-state index in [-0.39, 0.29) is 0 Å². The number of carbonyl (C=O) groups is 1. The van der Waals surface area contributed by atoms with Gasteiger partial charge >= 0.3 is 6.09 Å². The van der Waals surface area contributed by atoms with E-state index in [2.05, 4.69) is 0 Å². The van der Waals surface area contributed by atoms with E-state index in [0.717, 1.165) is 11.1 Å². The van der Waals surface area contributed by atoms with Gasteiger partial charge in [0.1, 0.15) is 5.60 Å². The van der Waals surface area contributed by atoms with Crippen LogP contribution in [0, 0.1) is 0 Å². The number of nitrogens with zero attached hydrogens (tertiary/aromatic N) is 1. The predicted octanol–water partition coefficient (Wildman–Crippen LogP) is 1.66. The summed E-state index contributed by atoms with van der Waals surface area (Å²) in [5.74, 6) is 0. The van der Waals surface area contributed by atoms with Gasteiger partial charge in [0.05, 0.1) is 6.04 Å². The van der Waals surface area contributed by atoms with Gasteiger partial charge in [0, 0.05) is 6.54 Å². The monoisotopic (exact) mass is 279 g/mol. The molecule has 2 N–H and O–H groups in total. The topological polar surface area (TPSA) is 70.0 Å². The van der Waals surface area contributed by atoms with Crippen molar-refractivity contribution in [2.24, 2.45) is 0 Å². The SMILES string of the molecule is CC(C)(C)OC(=O)N1Cc2ccccc2C[C@@H]1C(O)O. The Hall–Kier alpha value is -1.59. The van der Waals surface area contributed by atoms with Crippen molar-refractivity contribution in [2.45, 2.75) is 51.7 Å². The molecule has 1 aliphatic rings. The molecular formula is C15H21NO4. The molecule has 1 amide bonds. The van der Waals surface area contributed by atoms with Gasteiger partial charge in [-0.1, -0.05) is 24.3 Å². The van der Waals surface area contributed by atoms with Crippen molar-refractivity contribution >= 4 is 6.09 Å². The summed E-state index contributed by atoms with van der Waals surface area (Å²) < 4.78 is 5.34. The van der Waals surface area contributed by atoms with Crippen molar-refractivity contribution in [1.82, 2.24) is 4.90 Å². The number of hydrogen-bond donors (Lipinski definition) is 2. The summed E-state index contributed by atoms with van der Waals surface area (Å²) in [6.07, 6.45) is -1.70. The number of hydrogen-bond acceptors (Lipinski definition) is 4. The molecule has 5 heteroatoms. The summed E-state index contributed by atoms with van der Waals surface area (Å²) in [7, 11) is 0. The lowest BCUT2D eigenvalue weighted by Gasteiger charge is -2.38. The van der Waals surface area contributed by atoms with E-state index < -0.39 is 24.0 Å². The first-order chi connectivity index (χ1) is 9.28. The van der Waals surface area contributed by atoms with Crippen LogP contribution in [0.2, 0.25) is 0 Å². The van der Waals surface area contributed by atoms with E-state index in [1.165, 1.54) is 4.90 Å². The minimum Gasteiger partial charge on any atom is -0.444 e. The van der Waals surface area contributed by atoms with Crippen molar-refractivity contribution in [3.05, 3.63) is 35.4 Å². The van der Waals surface area contributed by atoms with Crippen LogP contribution in [-0.2, 0) is 17.7 Å². The number of aliphatic hydroxyl groups is 2. The van der Waals surface area contributed by atoms with Crippen LogP contribution < -0.4 is 0 Å². The lowest BCUT2D eigenvalue weighted by Crippen LogP contribution is -2.51. The molecule has 1 aromatic rings. The van der Waals surface area contributed by atoms with Crippen LogP contribution in [0.3, 0.4) is 0 Å². The Morgan fingerprint density at radius 3 is 2.45 bits per heavy atom. The number of amides is 1. The van der Waals surface area contributed by atoms with Crippen molar-refractivity contribution in [3.8, 4) is 0 Å². The van der Waals surface area contributed by atoms with E-state index in [9.17, 15) is 15.0 Å². The smallest absolute Gasteiger partial charge is 0.411 e. The molecule has 0 fully saturated rings. The van der Waals surface area contributed by atoms with Crippen LogP contribution in [0.5, 0.6) is 0 Å². The Balaban J connectivity index is 2.24. The first-order valence-corrected chi connectivity index (χ1v) is 6.70. The standard InChI is InChI=1S/C15H21NO4/c1-15(2,3)20-14(19)16-9-11-7-5-4-6-10(11)8-12(16)13(17)18/h4-7,12-13,17-18H,8-9H2,1-3H3/t12-/m1/s1. The molecule has 1 aromatic carbocycles. The van der Waals surface area contributed by atoms with Crippen LogP contribution in [0.15, 0.2) is 24.3 Å². The first kappa shape index (κ1) is 14.8. The Bertz CT molecular complexity index is 493. The molecule has 0 spiro atoms. The molecule has 110 valence electrons. The summed E-state index contributed by atoms with van der Waals surface area (Å²) in [6, 6.07) is 7.01. The van der Waals surface area contributed by atoms with Gasteiger partial charge in [0.2, 0.25) is 0 Å². The van der Waals surface area contributed by atoms with Gasteiger partial charge in [-0.15, -0.1) is 0 Å². The van der Waals surface area contributed by atoms with Gasteiger partial charge in [-0.05, 0) is 38.3 Å². The van der Waals surface area contributed by atoms with Crippen molar-refractivity contribution in [1.29, 1.82) is 0 Å². The summed E-state index contributed by atoms with van der Waals surface area (Å²) in [6.45, 7) is 5.68. The van der Waals surface area contributed by atoms with Gasteiger partial charge in [-0.25, -0.2) is 4.79 Å². The maximum absolute atomic E-state index is 12.2. The third kappa shape index (κ3) is 3.29. The molecule has 1 atom stereocenters. The van der Waals surface area contributed by atoms with Crippen LogP contribution in [0.4, 0.5) is 4.79 Å². The molecule has 1 aliphatic heterocycles. The Labute approximate surface area is 118 Å². The molecule has 0 unspecified atom stereocenters. The van der Waals surface area contributed by atoms with E-state index in [4.69, 9.17) is 4.74 Å². The Kier molecular flexibility index (Phi) is 4.01. The summed E-state index contributed by atoms with van der Waals surface area (Å²) in [5.41, 5.74) is 1.43.